The number of methoxy groups -OCH3 is 1. The summed E-state index contributed by atoms with van der Waals surface area (Å²) in [6, 6.07) is 5.98. The van der Waals surface area contributed by atoms with Gasteiger partial charge in [0.05, 0.1) is 12.0 Å². The average Bonchev–Trinajstić information content (AvgIpc) is 2.93. The van der Waals surface area contributed by atoms with E-state index in [1.165, 1.54) is 23.5 Å². The summed E-state index contributed by atoms with van der Waals surface area (Å²) in [4.78, 5) is 24.6. The molecule has 1 aromatic rings. The Hall–Kier alpha value is -2.13. The normalized spacial score (nSPS) is 20.3. The number of piperidine rings is 1. The molecule has 2 aliphatic heterocycles. The van der Waals surface area contributed by atoms with Crippen molar-refractivity contribution in [1.82, 2.24) is 9.21 Å². The van der Waals surface area contributed by atoms with Crippen molar-refractivity contribution in [3.8, 4) is 5.75 Å². The highest BCUT2D eigenvalue weighted by molar-refractivity contribution is 7.89. The highest BCUT2D eigenvalue weighted by Crippen LogP contribution is 2.26. The maximum Gasteiger partial charge on any atom is 0.417 e. The highest BCUT2D eigenvalue weighted by Gasteiger charge is 2.40. The fourth-order valence-electron chi connectivity index (χ4n) is 2.97. The van der Waals surface area contributed by atoms with Crippen molar-refractivity contribution < 1.29 is 27.5 Å². The zero-order chi connectivity index (χ0) is 17.3. The van der Waals surface area contributed by atoms with E-state index in [0.29, 0.717) is 18.6 Å². The summed E-state index contributed by atoms with van der Waals surface area (Å²) in [7, 11) is -2.16. The molecule has 1 aromatic carbocycles. The van der Waals surface area contributed by atoms with E-state index in [9.17, 15) is 18.0 Å². The van der Waals surface area contributed by atoms with Gasteiger partial charge in [-0.1, -0.05) is 6.07 Å². The summed E-state index contributed by atoms with van der Waals surface area (Å²) in [5.74, 6) is 0.102. The number of hydrogen-bond acceptors (Lipinski definition) is 6. The Bertz CT molecular complexity index is 739. The fraction of sp³-hybridized carbons (Fsp3) is 0.467. The SMILES string of the molecule is COc1cccc(S(=O)(=O)N2CCC(N3C(=O)COC3=O)CC2)c1. The topological polar surface area (TPSA) is 93.2 Å². The lowest BCUT2D eigenvalue weighted by Gasteiger charge is -2.34. The molecule has 0 N–H and O–H groups in total. The number of imide groups is 1. The molecular weight excluding hydrogens is 336 g/mol. The van der Waals surface area contributed by atoms with Crippen LogP contribution in [0.5, 0.6) is 5.75 Å². The first kappa shape index (κ1) is 16.7. The lowest BCUT2D eigenvalue weighted by atomic mass is 10.1. The molecule has 0 unspecified atom stereocenters. The van der Waals surface area contributed by atoms with Gasteiger partial charge in [-0.2, -0.15) is 4.31 Å². The summed E-state index contributed by atoms with van der Waals surface area (Å²) >= 11 is 0. The van der Waals surface area contributed by atoms with Gasteiger partial charge in [-0.3, -0.25) is 4.79 Å². The van der Waals surface area contributed by atoms with Crippen LogP contribution in [0.3, 0.4) is 0 Å². The molecule has 0 saturated carbocycles. The van der Waals surface area contributed by atoms with Gasteiger partial charge in [0.2, 0.25) is 10.0 Å². The van der Waals surface area contributed by atoms with Crippen molar-refractivity contribution in [2.24, 2.45) is 0 Å². The number of cyclic esters (lactones) is 1. The van der Waals surface area contributed by atoms with Crippen molar-refractivity contribution >= 4 is 22.0 Å². The number of sulfonamides is 1. The molecule has 0 aromatic heterocycles. The number of nitrogens with zero attached hydrogens (tertiary/aromatic N) is 2. The van der Waals surface area contributed by atoms with Gasteiger partial charge < -0.3 is 9.47 Å². The van der Waals surface area contributed by atoms with Crippen LogP contribution in [0.4, 0.5) is 4.79 Å². The summed E-state index contributed by atoms with van der Waals surface area (Å²) in [6.07, 6.45) is 0.141. The van der Waals surface area contributed by atoms with E-state index in [0.717, 1.165) is 4.90 Å². The zero-order valence-electron chi connectivity index (χ0n) is 13.2. The molecule has 130 valence electrons. The molecule has 3 rings (SSSR count). The summed E-state index contributed by atoms with van der Waals surface area (Å²) < 4.78 is 36.6. The minimum atomic E-state index is -3.63. The summed E-state index contributed by atoms with van der Waals surface area (Å²) in [5.41, 5.74) is 0. The molecule has 0 aliphatic carbocycles. The molecular formula is C15H18N2O6S. The summed E-state index contributed by atoms with van der Waals surface area (Å²) in [6.45, 7) is 0.240. The third-order valence-electron chi connectivity index (χ3n) is 4.25. The van der Waals surface area contributed by atoms with E-state index in [-0.39, 0.29) is 36.5 Å². The van der Waals surface area contributed by atoms with Gasteiger partial charge in [-0.25, -0.2) is 18.1 Å². The molecule has 8 nitrogen and oxygen atoms in total. The van der Waals surface area contributed by atoms with Crippen molar-refractivity contribution in [1.29, 1.82) is 0 Å². The Kier molecular flexibility index (Phi) is 4.46. The number of benzene rings is 1. The number of ether oxygens (including phenoxy) is 2. The molecule has 0 spiro atoms. The molecule has 2 heterocycles. The van der Waals surface area contributed by atoms with Gasteiger partial charge in [0.15, 0.2) is 6.61 Å². The summed E-state index contributed by atoms with van der Waals surface area (Å²) in [5, 5.41) is 0. The standard InChI is InChI=1S/C15H18N2O6S/c1-22-12-3-2-4-13(9-12)24(20,21)16-7-5-11(6-8-16)17-14(18)10-23-15(17)19/h2-4,9,11H,5-8,10H2,1H3. The second-order valence-electron chi connectivity index (χ2n) is 5.63. The smallest absolute Gasteiger partial charge is 0.417 e. The van der Waals surface area contributed by atoms with Crippen LogP contribution in [0, 0.1) is 0 Å². The van der Waals surface area contributed by atoms with Crippen LogP contribution in [0.2, 0.25) is 0 Å². The Morgan fingerprint density at radius 2 is 1.92 bits per heavy atom. The monoisotopic (exact) mass is 354 g/mol. The van der Waals surface area contributed by atoms with E-state index in [4.69, 9.17) is 9.47 Å². The third kappa shape index (κ3) is 2.96. The minimum absolute atomic E-state index is 0.164. The molecule has 24 heavy (non-hydrogen) atoms. The van der Waals surface area contributed by atoms with Crippen LogP contribution in [-0.4, -0.2) is 62.5 Å². The Morgan fingerprint density at radius 1 is 1.21 bits per heavy atom. The molecule has 2 amide bonds. The van der Waals surface area contributed by atoms with Gasteiger partial charge in [0, 0.05) is 25.2 Å². The molecule has 2 aliphatic rings. The van der Waals surface area contributed by atoms with E-state index in [1.807, 2.05) is 0 Å². The van der Waals surface area contributed by atoms with Crippen LogP contribution in [0.25, 0.3) is 0 Å². The van der Waals surface area contributed by atoms with Crippen LogP contribution in [-0.2, 0) is 19.6 Å². The molecule has 2 saturated heterocycles. The number of amides is 2. The minimum Gasteiger partial charge on any atom is -0.497 e. The highest BCUT2D eigenvalue weighted by atomic mass is 32.2. The van der Waals surface area contributed by atoms with Gasteiger partial charge in [-0.15, -0.1) is 0 Å². The van der Waals surface area contributed by atoms with Crippen LogP contribution >= 0.6 is 0 Å². The largest absolute Gasteiger partial charge is 0.497 e. The first-order valence-corrected chi connectivity index (χ1v) is 9.00. The average molecular weight is 354 g/mol. The maximum absolute atomic E-state index is 12.7. The van der Waals surface area contributed by atoms with Crippen molar-refractivity contribution in [3.05, 3.63) is 24.3 Å². The first-order chi connectivity index (χ1) is 11.4. The van der Waals surface area contributed by atoms with Gasteiger partial charge in [0.25, 0.3) is 5.91 Å². The molecule has 0 bridgehead atoms. The predicted molar refractivity (Wildman–Crippen MR) is 83.0 cm³/mol. The second kappa shape index (κ2) is 6.40. The fourth-order valence-corrected chi connectivity index (χ4v) is 4.47. The van der Waals surface area contributed by atoms with E-state index >= 15 is 0 Å². The number of carbonyl (C=O) groups excluding carboxylic acids is 2. The molecule has 2 fully saturated rings. The van der Waals surface area contributed by atoms with Gasteiger partial charge in [0.1, 0.15) is 5.75 Å². The van der Waals surface area contributed by atoms with Gasteiger partial charge >= 0.3 is 6.09 Å². The second-order valence-corrected chi connectivity index (χ2v) is 7.57. The van der Waals surface area contributed by atoms with Crippen LogP contribution < -0.4 is 4.74 Å². The van der Waals surface area contributed by atoms with E-state index < -0.39 is 16.1 Å². The first-order valence-electron chi connectivity index (χ1n) is 7.56. The molecule has 0 radical (unpaired) electrons. The number of rotatable bonds is 4. The Morgan fingerprint density at radius 3 is 2.50 bits per heavy atom. The van der Waals surface area contributed by atoms with Crippen molar-refractivity contribution in [2.75, 3.05) is 26.8 Å². The third-order valence-corrected chi connectivity index (χ3v) is 6.15. The Labute approximate surface area is 140 Å². The maximum atomic E-state index is 12.7. The Balaban J connectivity index is 1.71. The molecule has 9 heteroatoms. The quantitative estimate of drug-likeness (QED) is 0.795. The zero-order valence-corrected chi connectivity index (χ0v) is 14.0. The lowest BCUT2D eigenvalue weighted by Crippen LogP contribution is -2.48. The van der Waals surface area contributed by atoms with Crippen LogP contribution in [0.15, 0.2) is 29.2 Å². The van der Waals surface area contributed by atoms with Crippen molar-refractivity contribution in [2.45, 2.75) is 23.8 Å². The van der Waals surface area contributed by atoms with Crippen LogP contribution in [0.1, 0.15) is 12.8 Å². The van der Waals surface area contributed by atoms with Crippen molar-refractivity contribution in [3.63, 3.8) is 0 Å². The predicted octanol–water partition coefficient (Wildman–Crippen LogP) is 0.827. The van der Waals surface area contributed by atoms with E-state index in [1.54, 1.807) is 12.1 Å². The van der Waals surface area contributed by atoms with E-state index in [2.05, 4.69) is 0 Å². The number of carbonyl (C=O) groups is 2. The lowest BCUT2D eigenvalue weighted by molar-refractivity contribution is -0.127. The molecule has 0 atom stereocenters. The number of hydrogen-bond donors (Lipinski definition) is 0. The van der Waals surface area contributed by atoms with Gasteiger partial charge in [-0.05, 0) is 25.0 Å².